The van der Waals surface area contributed by atoms with Gasteiger partial charge in [-0.3, -0.25) is 0 Å². The molecular weight excluding hydrogens is 180 g/mol. The minimum Gasteiger partial charge on any atom is -0.490 e. The third kappa shape index (κ3) is 2.52. The summed E-state index contributed by atoms with van der Waals surface area (Å²) in [5.41, 5.74) is 6.04. The Kier molecular flexibility index (Phi) is 3.55. The Labute approximate surface area is 82.3 Å². The van der Waals surface area contributed by atoms with E-state index in [-0.39, 0.29) is 5.84 Å². The SMILES string of the molecule is C=CCOc1cccc(/C(N)=N\O)c1. The summed E-state index contributed by atoms with van der Waals surface area (Å²) in [4.78, 5) is 0. The van der Waals surface area contributed by atoms with E-state index >= 15 is 0 Å². The summed E-state index contributed by atoms with van der Waals surface area (Å²) in [5, 5.41) is 11.4. The molecule has 1 aromatic carbocycles. The summed E-state index contributed by atoms with van der Waals surface area (Å²) in [6.45, 7) is 3.97. The van der Waals surface area contributed by atoms with Crippen molar-refractivity contribution in [2.75, 3.05) is 6.61 Å². The Morgan fingerprint density at radius 1 is 1.64 bits per heavy atom. The van der Waals surface area contributed by atoms with Crippen LogP contribution in [-0.4, -0.2) is 17.6 Å². The lowest BCUT2D eigenvalue weighted by Crippen LogP contribution is -2.12. The molecular formula is C10H12N2O2. The largest absolute Gasteiger partial charge is 0.490 e. The van der Waals surface area contributed by atoms with Crippen LogP contribution in [0.5, 0.6) is 5.75 Å². The van der Waals surface area contributed by atoms with E-state index in [1.165, 1.54) is 0 Å². The van der Waals surface area contributed by atoms with E-state index in [2.05, 4.69) is 11.7 Å². The molecule has 0 aliphatic rings. The Morgan fingerprint density at radius 2 is 2.43 bits per heavy atom. The number of ether oxygens (including phenoxy) is 1. The topological polar surface area (TPSA) is 67.8 Å². The molecule has 0 aliphatic carbocycles. The van der Waals surface area contributed by atoms with E-state index in [0.717, 1.165) is 0 Å². The summed E-state index contributed by atoms with van der Waals surface area (Å²) in [6.07, 6.45) is 1.65. The molecule has 0 aliphatic heterocycles. The molecule has 14 heavy (non-hydrogen) atoms. The molecule has 0 atom stereocenters. The van der Waals surface area contributed by atoms with E-state index in [1.807, 2.05) is 0 Å². The second kappa shape index (κ2) is 4.91. The van der Waals surface area contributed by atoms with Crippen molar-refractivity contribution in [3.63, 3.8) is 0 Å². The number of oxime groups is 1. The second-order valence-corrected chi connectivity index (χ2v) is 2.61. The number of rotatable bonds is 4. The van der Waals surface area contributed by atoms with Gasteiger partial charge in [-0.05, 0) is 12.1 Å². The molecule has 1 rings (SSSR count). The summed E-state index contributed by atoms with van der Waals surface area (Å²) < 4.78 is 5.28. The number of hydrogen-bond acceptors (Lipinski definition) is 3. The van der Waals surface area contributed by atoms with Crippen molar-refractivity contribution in [2.24, 2.45) is 10.9 Å². The van der Waals surface area contributed by atoms with Gasteiger partial charge in [-0.25, -0.2) is 0 Å². The zero-order valence-electron chi connectivity index (χ0n) is 7.68. The molecule has 4 heteroatoms. The van der Waals surface area contributed by atoms with E-state index in [0.29, 0.717) is 17.9 Å². The maximum Gasteiger partial charge on any atom is 0.170 e. The van der Waals surface area contributed by atoms with Crippen molar-refractivity contribution in [1.82, 2.24) is 0 Å². The van der Waals surface area contributed by atoms with Crippen LogP contribution in [0, 0.1) is 0 Å². The van der Waals surface area contributed by atoms with Gasteiger partial charge in [0.2, 0.25) is 0 Å². The molecule has 3 N–H and O–H groups in total. The molecule has 0 fully saturated rings. The van der Waals surface area contributed by atoms with Gasteiger partial charge in [0.25, 0.3) is 0 Å². The van der Waals surface area contributed by atoms with Gasteiger partial charge in [-0.2, -0.15) is 0 Å². The molecule has 0 unspecified atom stereocenters. The highest BCUT2D eigenvalue weighted by molar-refractivity contribution is 5.97. The van der Waals surface area contributed by atoms with E-state index in [1.54, 1.807) is 30.3 Å². The standard InChI is InChI=1S/C10H12N2O2/c1-2-6-14-9-5-3-4-8(7-9)10(11)12-13/h2-5,7,13H,1,6H2,(H2,11,12). The van der Waals surface area contributed by atoms with E-state index in [4.69, 9.17) is 15.7 Å². The number of nitrogens with two attached hydrogens (primary N) is 1. The Balaban J connectivity index is 2.83. The first-order valence-electron chi connectivity index (χ1n) is 4.09. The van der Waals surface area contributed by atoms with Gasteiger partial charge in [-0.15, -0.1) is 0 Å². The average Bonchev–Trinajstić information content (AvgIpc) is 2.25. The molecule has 0 heterocycles. The molecule has 0 bridgehead atoms. The maximum atomic E-state index is 8.46. The molecule has 0 saturated heterocycles. The summed E-state index contributed by atoms with van der Waals surface area (Å²) >= 11 is 0. The zero-order chi connectivity index (χ0) is 10.4. The number of amidine groups is 1. The second-order valence-electron chi connectivity index (χ2n) is 2.61. The first-order valence-corrected chi connectivity index (χ1v) is 4.09. The normalized spacial score (nSPS) is 11.0. The van der Waals surface area contributed by atoms with Crippen LogP contribution in [-0.2, 0) is 0 Å². The van der Waals surface area contributed by atoms with Crippen LogP contribution in [0.4, 0.5) is 0 Å². The quantitative estimate of drug-likeness (QED) is 0.249. The lowest BCUT2D eigenvalue weighted by Gasteiger charge is -2.04. The first kappa shape index (κ1) is 10.1. The highest BCUT2D eigenvalue weighted by Gasteiger charge is 2.00. The van der Waals surface area contributed by atoms with Crippen molar-refractivity contribution in [3.05, 3.63) is 42.5 Å². The van der Waals surface area contributed by atoms with Gasteiger partial charge >= 0.3 is 0 Å². The number of hydrogen-bond donors (Lipinski definition) is 2. The van der Waals surface area contributed by atoms with Crippen LogP contribution in [0.3, 0.4) is 0 Å². The van der Waals surface area contributed by atoms with E-state index in [9.17, 15) is 0 Å². The van der Waals surface area contributed by atoms with Gasteiger partial charge in [0.05, 0.1) is 0 Å². The smallest absolute Gasteiger partial charge is 0.170 e. The molecule has 74 valence electrons. The fourth-order valence-corrected chi connectivity index (χ4v) is 0.958. The van der Waals surface area contributed by atoms with Crippen LogP contribution in [0.1, 0.15) is 5.56 Å². The molecule has 0 aromatic heterocycles. The third-order valence-corrected chi connectivity index (χ3v) is 1.61. The molecule has 0 amide bonds. The first-order chi connectivity index (χ1) is 6.77. The highest BCUT2D eigenvalue weighted by Crippen LogP contribution is 2.12. The van der Waals surface area contributed by atoms with Gasteiger partial charge in [0.15, 0.2) is 5.84 Å². The van der Waals surface area contributed by atoms with Crippen molar-refractivity contribution in [2.45, 2.75) is 0 Å². The Bertz CT molecular complexity index is 348. The van der Waals surface area contributed by atoms with Crippen LogP contribution in [0.15, 0.2) is 42.1 Å². The van der Waals surface area contributed by atoms with Crippen LogP contribution in [0.25, 0.3) is 0 Å². The third-order valence-electron chi connectivity index (χ3n) is 1.61. The predicted molar refractivity (Wildman–Crippen MR) is 54.6 cm³/mol. The lowest BCUT2D eigenvalue weighted by atomic mass is 10.2. The molecule has 1 aromatic rings. The fourth-order valence-electron chi connectivity index (χ4n) is 0.958. The van der Waals surface area contributed by atoms with Crippen molar-refractivity contribution in [3.8, 4) is 5.75 Å². The zero-order valence-corrected chi connectivity index (χ0v) is 7.68. The molecule has 0 saturated carbocycles. The molecule has 4 nitrogen and oxygen atoms in total. The van der Waals surface area contributed by atoms with Crippen molar-refractivity contribution in [1.29, 1.82) is 0 Å². The number of nitrogens with zero attached hydrogens (tertiary/aromatic N) is 1. The van der Waals surface area contributed by atoms with Crippen LogP contribution < -0.4 is 10.5 Å². The minimum absolute atomic E-state index is 0.0639. The lowest BCUT2D eigenvalue weighted by molar-refractivity contribution is 0.318. The molecule has 0 radical (unpaired) electrons. The minimum atomic E-state index is 0.0639. The Morgan fingerprint density at radius 3 is 3.07 bits per heavy atom. The van der Waals surface area contributed by atoms with Gasteiger partial charge < -0.3 is 15.7 Å². The summed E-state index contributed by atoms with van der Waals surface area (Å²) in [7, 11) is 0. The van der Waals surface area contributed by atoms with Crippen molar-refractivity contribution >= 4 is 5.84 Å². The Hall–Kier alpha value is -1.97. The predicted octanol–water partition coefficient (Wildman–Crippen LogP) is 1.35. The van der Waals surface area contributed by atoms with Gasteiger partial charge in [-0.1, -0.05) is 29.9 Å². The fraction of sp³-hybridized carbons (Fsp3) is 0.100. The monoisotopic (exact) mass is 192 g/mol. The van der Waals surface area contributed by atoms with Crippen LogP contribution in [0.2, 0.25) is 0 Å². The van der Waals surface area contributed by atoms with Crippen LogP contribution >= 0.6 is 0 Å². The number of benzene rings is 1. The van der Waals surface area contributed by atoms with Crippen molar-refractivity contribution < 1.29 is 9.94 Å². The van der Waals surface area contributed by atoms with E-state index < -0.39 is 0 Å². The summed E-state index contributed by atoms with van der Waals surface area (Å²) in [5.74, 6) is 0.725. The molecule has 0 spiro atoms. The highest BCUT2D eigenvalue weighted by atomic mass is 16.5. The average molecular weight is 192 g/mol. The van der Waals surface area contributed by atoms with Gasteiger partial charge in [0, 0.05) is 5.56 Å². The summed E-state index contributed by atoms with van der Waals surface area (Å²) in [6, 6.07) is 6.98. The maximum absolute atomic E-state index is 8.46. The van der Waals surface area contributed by atoms with Gasteiger partial charge in [0.1, 0.15) is 12.4 Å².